The van der Waals surface area contributed by atoms with Crippen molar-refractivity contribution in [3.8, 4) is 0 Å². The van der Waals surface area contributed by atoms with Crippen molar-refractivity contribution in [1.82, 2.24) is 20.4 Å². The fraction of sp³-hybridized carbons (Fsp3) is 0.455. The van der Waals surface area contributed by atoms with E-state index in [1.165, 1.54) is 23.1 Å². The van der Waals surface area contributed by atoms with E-state index in [2.05, 4.69) is 27.8 Å². The first-order chi connectivity index (χ1) is 15.8. The first kappa shape index (κ1) is 24.3. The van der Waals surface area contributed by atoms with Crippen LogP contribution in [0.3, 0.4) is 0 Å². The molecule has 1 aliphatic rings. The number of amides is 3. The Morgan fingerprint density at radius 3 is 2.36 bits per heavy atom. The van der Waals surface area contributed by atoms with E-state index in [1.54, 1.807) is 12.1 Å². The maximum Gasteiger partial charge on any atom is 0.417 e. The molecule has 3 rings (SSSR count). The average Bonchev–Trinajstić information content (AvgIpc) is 2.81. The van der Waals surface area contributed by atoms with Crippen LogP contribution in [0.25, 0.3) is 0 Å². The molecule has 0 atom stereocenters. The van der Waals surface area contributed by atoms with Crippen LogP contribution in [0.4, 0.5) is 29.6 Å². The predicted molar refractivity (Wildman–Crippen MR) is 118 cm³/mol. The van der Waals surface area contributed by atoms with Crippen molar-refractivity contribution in [3.05, 3.63) is 47.5 Å². The minimum absolute atomic E-state index is 0.257. The summed E-state index contributed by atoms with van der Waals surface area (Å²) in [6, 6.07) is 7.80. The SMILES string of the molecule is CCCCCNC(=O)Nc1ccc(N2CCN(C(=O)c3ccccc3C(F)(F)F)CC2)nn1. The Morgan fingerprint density at radius 1 is 1.00 bits per heavy atom. The minimum atomic E-state index is -4.59. The molecule has 2 heterocycles. The monoisotopic (exact) mass is 464 g/mol. The number of nitrogens with zero attached hydrogens (tertiary/aromatic N) is 4. The summed E-state index contributed by atoms with van der Waals surface area (Å²) < 4.78 is 39.7. The van der Waals surface area contributed by atoms with E-state index in [-0.39, 0.29) is 24.7 Å². The number of aromatic nitrogens is 2. The zero-order valence-corrected chi connectivity index (χ0v) is 18.4. The van der Waals surface area contributed by atoms with Gasteiger partial charge in [0.15, 0.2) is 11.6 Å². The number of unbranched alkanes of at least 4 members (excludes halogenated alkanes) is 2. The lowest BCUT2D eigenvalue weighted by Crippen LogP contribution is -2.49. The molecular weight excluding hydrogens is 437 g/mol. The van der Waals surface area contributed by atoms with E-state index in [9.17, 15) is 22.8 Å². The number of piperazine rings is 1. The van der Waals surface area contributed by atoms with Gasteiger partial charge in [-0.05, 0) is 30.7 Å². The Labute approximate surface area is 190 Å². The van der Waals surface area contributed by atoms with Gasteiger partial charge in [-0.2, -0.15) is 13.2 Å². The third-order valence-corrected chi connectivity index (χ3v) is 5.31. The third kappa shape index (κ3) is 6.56. The zero-order valence-electron chi connectivity index (χ0n) is 18.4. The van der Waals surface area contributed by atoms with Crippen LogP contribution in [0.15, 0.2) is 36.4 Å². The van der Waals surface area contributed by atoms with Gasteiger partial charge in [0.05, 0.1) is 11.1 Å². The summed E-state index contributed by atoms with van der Waals surface area (Å²) in [6.45, 7) is 3.99. The van der Waals surface area contributed by atoms with Gasteiger partial charge in [0.1, 0.15) is 0 Å². The Hall–Kier alpha value is -3.37. The van der Waals surface area contributed by atoms with Crippen LogP contribution >= 0.6 is 0 Å². The molecule has 178 valence electrons. The van der Waals surface area contributed by atoms with Crippen molar-refractivity contribution >= 4 is 23.6 Å². The van der Waals surface area contributed by atoms with Crippen LogP contribution in [0, 0.1) is 0 Å². The number of carbonyl (C=O) groups excluding carboxylic acids is 2. The molecule has 2 N–H and O–H groups in total. The lowest BCUT2D eigenvalue weighted by molar-refractivity contribution is -0.138. The summed E-state index contributed by atoms with van der Waals surface area (Å²) in [4.78, 5) is 27.9. The first-order valence-corrected chi connectivity index (χ1v) is 10.9. The van der Waals surface area contributed by atoms with Crippen molar-refractivity contribution < 1.29 is 22.8 Å². The molecule has 0 unspecified atom stereocenters. The topological polar surface area (TPSA) is 90.5 Å². The lowest BCUT2D eigenvalue weighted by Gasteiger charge is -2.35. The molecule has 0 spiro atoms. The van der Waals surface area contributed by atoms with Gasteiger partial charge < -0.3 is 15.1 Å². The number of hydrogen-bond acceptors (Lipinski definition) is 5. The molecule has 1 aromatic carbocycles. The molecule has 0 saturated carbocycles. The van der Waals surface area contributed by atoms with Crippen molar-refractivity contribution in [3.63, 3.8) is 0 Å². The number of benzene rings is 1. The quantitative estimate of drug-likeness (QED) is 0.609. The fourth-order valence-corrected chi connectivity index (χ4v) is 3.52. The van der Waals surface area contributed by atoms with Crippen LogP contribution in [0.5, 0.6) is 0 Å². The summed E-state index contributed by atoms with van der Waals surface area (Å²) >= 11 is 0. The molecule has 1 fully saturated rings. The summed E-state index contributed by atoms with van der Waals surface area (Å²) in [5.74, 6) is 0.231. The second kappa shape index (κ2) is 11.0. The molecule has 3 amide bonds. The van der Waals surface area contributed by atoms with Crippen molar-refractivity contribution in [2.24, 2.45) is 0 Å². The van der Waals surface area contributed by atoms with Crippen molar-refractivity contribution in [2.45, 2.75) is 32.4 Å². The molecule has 1 aromatic heterocycles. The normalized spacial score (nSPS) is 14.2. The summed E-state index contributed by atoms with van der Waals surface area (Å²) in [7, 11) is 0. The molecule has 0 aliphatic carbocycles. The summed E-state index contributed by atoms with van der Waals surface area (Å²) in [5, 5.41) is 13.5. The molecule has 33 heavy (non-hydrogen) atoms. The highest BCUT2D eigenvalue weighted by molar-refractivity contribution is 5.96. The Morgan fingerprint density at radius 2 is 1.73 bits per heavy atom. The molecule has 1 saturated heterocycles. The maximum absolute atomic E-state index is 13.2. The van der Waals surface area contributed by atoms with Crippen LogP contribution in [-0.4, -0.2) is 59.8 Å². The molecule has 0 bridgehead atoms. The molecule has 0 radical (unpaired) electrons. The Bertz CT molecular complexity index is 944. The second-order valence-corrected chi connectivity index (χ2v) is 7.69. The van der Waals surface area contributed by atoms with Gasteiger partial charge in [0, 0.05) is 32.7 Å². The van der Waals surface area contributed by atoms with E-state index in [4.69, 9.17) is 0 Å². The first-order valence-electron chi connectivity index (χ1n) is 10.9. The zero-order chi connectivity index (χ0) is 23.8. The number of hydrogen-bond donors (Lipinski definition) is 2. The van der Waals surface area contributed by atoms with Gasteiger partial charge in [0.25, 0.3) is 5.91 Å². The van der Waals surface area contributed by atoms with E-state index < -0.39 is 17.6 Å². The highest BCUT2D eigenvalue weighted by atomic mass is 19.4. The van der Waals surface area contributed by atoms with Gasteiger partial charge in [0.2, 0.25) is 0 Å². The summed E-state index contributed by atoms with van der Waals surface area (Å²) in [5.41, 5.74) is -1.28. The van der Waals surface area contributed by atoms with Gasteiger partial charge in [-0.3, -0.25) is 10.1 Å². The van der Waals surface area contributed by atoms with Gasteiger partial charge in [-0.25, -0.2) is 4.79 Å². The van der Waals surface area contributed by atoms with Crippen molar-refractivity contribution in [1.29, 1.82) is 0 Å². The smallest absolute Gasteiger partial charge is 0.352 e. The standard InChI is InChI=1S/C22H27F3N6O2/c1-2-3-6-11-26-21(33)27-18-9-10-19(29-28-18)30-12-14-31(15-13-30)20(32)16-7-4-5-8-17(16)22(23,24)25/h4-5,7-10H,2-3,6,11-15H2,1H3,(H2,26,27,28,33). The van der Waals surface area contributed by atoms with E-state index >= 15 is 0 Å². The lowest BCUT2D eigenvalue weighted by atomic mass is 10.1. The number of halogens is 3. The number of carbonyl (C=O) groups is 2. The number of alkyl halides is 3. The predicted octanol–water partition coefficient (Wildman–Crippen LogP) is 3.77. The number of rotatable bonds is 7. The van der Waals surface area contributed by atoms with Gasteiger partial charge in [-0.15, -0.1) is 10.2 Å². The van der Waals surface area contributed by atoms with Crippen molar-refractivity contribution in [2.75, 3.05) is 42.9 Å². The average molecular weight is 464 g/mol. The van der Waals surface area contributed by atoms with E-state index in [0.29, 0.717) is 31.3 Å². The Kier molecular flexibility index (Phi) is 8.07. The largest absolute Gasteiger partial charge is 0.417 e. The minimum Gasteiger partial charge on any atom is -0.352 e. The van der Waals surface area contributed by atoms with Gasteiger partial charge in [-0.1, -0.05) is 31.9 Å². The molecular formula is C22H27F3N6O2. The second-order valence-electron chi connectivity index (χ2n) is 7.69. The molecule has 11 heteroatoms. The van der Waals surface area contributed by atoms with Crippen LogP contribution in [0.2, 0.25) is 0 Å². The maximum atomic E-state index is 13.2. The van der Waals surface area contributed by atoms with Crippen LogP contribution in [-0.2, 0) is 6.18 Å². The fourth-order valence-electron chi connectivity index (χ4n) is 3.52. The van der Waals surface area contributed by atoms with Crippen LogP contribution < -0.4 is 15.5 Å². The van der Waals surface area contributed by atoms with Gasteiger partial charge >= 0.3 is 12.2 Å². The van der Waals surface area contributed by atoms with E-state index in [0.717, 1.165) is 25.3 Å². The molecule has 1 aliphatic heterocycles. The number of urea groups is 1. The summed E-state index contributed by atoms with van der Waals surface area (Å²) in [6.07, 6.45) is -1.57. The van der Waals surface area contributed by atoms with E-state index in [1.807, 2.05) is 4.90 Å². The number of nitrogens with one attached hydrogen (secondary N) is 2. The highest BCUT2D eigenvalue weighted by Gasteiger charge is 2.36. The Balaban J connectivity index is 1.53. The number of anilines is 2. The highest BCUT2D eigenvalue weighted by Crippen LogP contribution is 2.32. The van der Waals surface area contributed by atoms with Crippen LogP contribution in [0.1, 0.15) is 42.1 Å². The molecule has 2 aromatic rings. The molecule has 8 nitrogen and oxygen atoms in total. The third-order valence-electron chi connectivity index (χ3n) is 5.31.